The molecule has 0 saturated heterocycles. The van der Waals surface area contributed by atoms with Crippen LogP contribution in [-0.2, 0) is 12.6 Å². The maximum atomic E-state index is 12.3. The summed E-state index contributed by atoms with van der Waals surface area (Å²) in [6.07, 6.45) is -3.24. The normalized spacial score (nSPS) is 11.5. The lowest BCUT2D eigenvalue weighted by Gasteiger charge is -2.06. The summed E-state index contributed by atoms with van der Waals surface area (Å²) in [6.45, 7) is 0. The van der Waals surface area contributed by atoms with Crippen molar-refractivity contribution in [2.45, 2.75) is 12.6 Å². The highest BCUT2D eigenvalue weighted by Crippen LogP contribution is 2.29. The molecule has 2 nitrogen and oxygen atoms in total. The summed E-state index contributed by atoms with van der Waals surface area (Å²) >= 11 is 1.31. The fraction of sp³-hybridized carbons (Fsp3) is 0.167. The molecule has 0 atom stereocenters. The zero-order valence-electron chi connectivity index (χ0n) is 9.07. The molecule has 0 unspecified atom stereocenters. The molecular weight excluding hydrogens is 263 g/mol. The lowest BCUT2D eigenvalue weighted by molar-refractivity contribution is -0.137. The SMILES string of the molecule is O=Cc1csc(Cc2ccc(C(F)(F)F)cc2)n1. The van der Waals surface area contributed by atoms with Gasteiger partial charge in [0.15, 0.2) is 6.29 Å². The molecule has 94 valence electrons. The highest BCUT2D eigenvalue weighted by molar-refractivity contribution is 7.09. The van der Waals surface area contributed by atoms with Crippen molar-refractivity contribution in [2.24, 2.45) is 0 Å². The molecule has 1 aromatic heterocycles. The van der Waals surface area contributed by atoms with Crippen LogP contribution in [0.5, 0.6) is 0 Å². The molecule has 2 aromatic rings. The summed E-state index contributed by atoms with van der Waals surface area (Å²) in [5, 5.41) is 2.32. The number of aldehydes is 1. The molecule has 0 spiro atoms. The average molecular weight is 271 g/mol. The molecule has 0 aliphatic rings. The van der Waals surface area contributed by atoms with E-state index < -0.39 is 11.7 Å². The van der Waals surface area contributed by atoms with Gasteiger partial charge in [-0.1, -0.05) is 12.1 Å². The van der Waals surface area contributed by atoms with Gasteiger partial charge >= 0.3 is 6.18 Å². The monoisotopic (exact) mass is 271 g/mol. The zero-order valence-corrected chi connectivity index (χ0v) is 9.89. The minimum atomic E-state index is -4.32. The number of aromatic nitrogens is 1. The molecule has 18 heavy (non-hydrogen) atoms. The molecule has 1 heterocycles. The second-order valence-corrected chi connectivity index (χ2v) is 4.60. The first-order valence-electron chi connectivity index (χ1n) is 5.05. The van der Waals surface area contributed by atoms with Crippen LogP contribution in [0.1, 0.15) is 26.6 Å². The van der Waals surface area contributed by atoms with Gasteiger partial charge in [0.1, 0.15) is 5.69 Å². The quantitative estimate of drug-likeness (QED) is 0.799. The number of rotatable bonds is 3. The van der Waals surface area contributed by atoms with E-state index >= 15 is 0 Å². The van der Waals surface area contributed by atoms with Gasteiger partial charge in [0.05, 0.1) is 10.6 Å². The van der Waals surface area contributed by atoms with E-state index in [4.69, 9.17) is 0 Å². The van der Waals surface area contributed by atoms with Gasteiger partial charge in [-0.05, 0) is 17.7 Å². The Morgan fingerprint density at radius 3 is 2.39 bits per heavy atom. The van der Waals surface area contributed by atoms with Crippen LogP contribution in [0.2, 0.25) is 0 Å². The van der Waals surface area contributed by atoms with Crippen molar-refractivity contribution in [3.05, 3.63) is 51.5 Å². The Morgan fingerprint density at radius 2 is 1.89 bits per heavy atom. The number of carbonyl (C=O) groups excluding carboxylic acids is 1. The molecule has 0 aliphatic carbocycles. The van der Waals surface area contributed by atoms with Gasteiger partial charge in [-0.3, -0.25) is 4.79 Å². The summed E-state index contributed by atoms with van der Waals surface area (Å²) in [4.78, 5) is 14.5. The molecule has 0 bridgehead atoms. The number of nitrogens with zero attached hydrogens (tertiary/aromatic N) is 1. The molecule has 0 radical (unpaired) electrons. The van der Waals surface area contributed by atoms with Crippen LogP contribution in [0, 0.1) is 0 Å². The Kier molecular flexibility index (Phi) is 3.47. The minimum Gasteiger partial charge on any atom is -0.296 e. The van der Waals surface area contributed by atoms with E-state index in [2.05, 4.69) is 4.98 Å². The Morgan fingerprint density at radius 1 is 1.22 bits per heavy atom. The molecule has 0 N–H and O–H groups in total. The maximum absolute atomic E-state index is 12.3. The first-order chi connectivity index (χ1) is 8.49. The number of halogens is 3. The number of thiazole rings is 1. The van der Waals surface area contributed by atoms with E-state index in [1.54, 1.807) is 5.38 Å². The van der Waals surface area contributed by atoms with Crippen molar-refractivity contribution in [1.82, 2.24) is 4.98 Å². The summed E-state index contributed by atoms with van der Waals surface area (Å²) in [5.41, 5.74) is 0.413. The van der Waals surface area contributed by atoms with Gasteiger partial charge < -0.3 is 0 Å². The van der Waals surface area contributed by atoms with Gasteiger partial charge in [-0.2, -0.15) is 13.2 Å². The number of benzene rings is 1. The number of hydrogen-bond acceptors (Lipinski definition) is 3. The smallest absolute Gasteiger partial charge is 0.296 e. The third-order valence-corrected chi connectivity index (χ3v) is 3.19. The van der Waals surface area contributed by atoms with Crippen LogP contribution >= 0.6 is 11.3 Å². The Hall–Kier alpha value is -1.69. The predicted molar refractivity (Wildman–Crippen MR) is 61.8 cm³/mol. The number of alkyl halides is 3. The van der Waals surface area contributed by atoms with E-state index in [-0.39, 0.29) is 0 Å². The standard InChI is InChI=1S/C12H8F3NOS/c13-12(14,15)9-3-1-8(2-4-9)5-11-16-10(6-17)7-18-11/h1-4,6-7H,5H2. The Bertz CT molecular complexity index is 545. The van der Waals surface area contributed by atoms with Gasteiger partial charge in [0.2, 0.25) is 0 Å². The number of hydrogen-bond donors (Lipinski definition) is 0. The summed E-state index contributed by atoms with van der Waals surface area (Å²) in [6, 6.07) is 4.93. The molecule has 2 rings (SSSR count). The average Bonchev–Trinajstić information content (AvgIpc) is 2.76. The maximum Gasteiger partial charge on any atom is 0.416 e. The molecule has 0 fully saturated rings. The second-order valence-electron chi connectivity index (χ2n) is 3.66. The van der Waals surface area contributed by atoms with E-state index in [1.165, 1.54) is 23.5 Å². The van der Waals surface area contributed by atoms with E-state index in [0.29, 0.717) is 23.4 Å². The first-order valence-corrected chi connectivity index (χ1v) is 5.93. The molecular formula is C12H8F3NOS. The van der Waals surface area contributed by atoms with E-state index in [1.807, 2.05) is 0 Å². The van der Waals surface area contributed by atoms with Crippen LogP contribution in [0.3, 0.4) is 0 Å². The van der Waals surface area contributed by atoms with Gasteiger partial charge in [-0.25, -0.2) is 4.98 Å². The van der Waals surface area contributed by atoms with Crippen LogP contribution < -0.4 is 0 Å². The highest BCUT2D eigenvalue weighted by atomic mass is 32.1. The Balaban J connectivity index is 2.13. The van der Waals surface area contributed by atoms with Gasteiger partial charge in [-0.15, -0.1) is 11.3 Å². The second kappa shape index (κ2) is 4.89. The lowest BCUT2D eigenvalue weighted by Crippen LogP contribution is -2.04. The molecule has 0 saturated carbocycles. The topological polar surface area (TPSA) is 30.0 Å². The summed E-state index contributed by atoms with van der Waals surface area (Å²) in [5.74, 6) is 0. The van der Waals surface area contributed by atoms with Crippen molar-refractivity contribution in [3.63, 3.8) is 0 Å². The fourth-order valence-corrected chi connectivity index (χ4v) is 2.22. The summed E-state index contributed by atoms with van der Waals surface area (Å²) in [7, 11) is 0. The fourth-order valence-electron chi connectivity index (χ4n) is 1.45. The zero-order chi connectivity index (χ0) is 13.2. The molecule has 1 aromatic carbocycles. The van der Waals surface area contributed by atoms with Gasteiger partial charge in [0.25, 0.3) is 0 Å². The number of carbonyl (C=O) groups is 1. The minimum absolute atomic E-state index is 0.349. The lowest BCUT2D eigenvalue weighted by atomic mass is 10.1. The van der Waals surface area contributed by atoms with Crippen molar-refractivity contribution in [1.29, 1.82) is 0 Å². The van der Waals surface area contributed by atoms with Crippen LogP contribution in [0.25, 0.3) is 0 Å². The third kappa shape index (κ3) is 2.95. The molecule has 0 aliphatic heterocycles. The summed E-state index contributed by atoms with van der Waals surface area (Å²) < 4.78 is 37.0. The van der Waals surface area contributed by atoms with Crippen molar-refractivity contribution in [3.8, 4) is 0 Å². The molecule has 0 amide bonds. The van der Waals surface area contributed by atoms with Crippen molar-refractivity contribution < 1.29 is 18.0 Å². The first kappa shape index (κ1) is 12.8. The Labute approximate surface area is 105 Å². The van der Waals surface area contributed by atoms with Crippen LogP contribution in [0.4, 0.5) is 13.2 Å². The van der Waals surface area contributed by atoms with Crippen LogP contribution in [0.15, 0.2) is 29.6 Å². The van der Waals surface area contributed by atoms with Crippen molar-refractivity contribution >= 4 is 17.6 Å². The predicted octanol–water partition coefficient (Wildman–Crippen LogP) is 3.57. The third-order valence-electron chi connectivity index (χ3n) is 2.33. The van der Waals surface area contributed by atoms with Crippen LogP contribution in [-0.4, -0.2) is 11.3 Å². The van der Waals surface area contributed by atoms with E-state index in [0.717, 1.165) is 17.7 Å². The van der Waals surface area contributed by atoms with E-state index in [9.17, 15) is 18.0 Å². The largest absolute Gasteiger partial charge is 0.416 e. The van der Waals surface area contributed by atoms with Gasteiger partial charge in [0, 0.05) is 11.8 Å². The van der Waals surface area contributed by atoms with Crippen molar-refractivity contribution in [2.75, 3.05) is 0 Å². The molecule has 6 heteroatoms. The highest BCUT2D eigenvalue weighted by Gasteiger charge is 2.29.